The van der Waals surface area contributed by atoms with E-state index in [0.717, 1.165) is 0 Å². The zero-order valence-electron chi connectivity index (χ0n) is 18.1. The number of urea groups is 1. The van der Waals surface area contributed by atoms with Crippen molar-refractivity contribution in [2.45, 2.75) is 24.7 Å². The van der Waals surface area contributed by atoms with Gasteiger partial charge in [-0.1, -0.05) is 0 Å². The first-order valence-corrected chi connectivity index (χ1v) is 11.9. The molecule has 0 atom stereocenters. The quantitative estimate of drug-likeness (QED) is 0.525. The van der Waals surface area contributed by atoms with E-state index in [2.05, 4.69) is 10.6 Å². The number of piperidine rings is 1. The predicted octanol–water partition coefficient (Wildman–Crippen LogP) is 2.39. The first-order chi connectivity index (χ1) is 15.7. The van der Waals surface area contributed by atoms with E-state index in [1.165, 1.54) is 28.6 Å². The lowest BCUT2D eigenvalue weighted by Crippen LogP contribution is -2.41. The number of ether oxygens (including phenoxy) is 1. The second-order valence-electron chi connectivity index (χ2n) is 7.48. The number of sulfonamides is 1. The van der Waals surface area contributed by atoms with E-state index in [1.807, 2.05) is 0 Å². The van der Waals surface area contributed by atoms with Crippen LogP contribution in [0.3, 0.4) is 0 Å². The first-order valence-electron chi connectivity index (χ1n) is 10.5. The van der Waals surface area contributed by atoms with E-state index >= 15 is 0 Å². The molecule has 3 amide bonds. The van der Waals surface area contributed by atoms with Crippen molar-refractivity contribution in [1.82, 2.24) is 4.31 Å². The maximum absolute atomic E-state index is 12.9. The van der Waals surface area contributed by atoms with Gasteiger partial charge in [0.2, 0.25) is 15.9 Å². The summed E-state index contributed by atoms with van der Waals surface area (Å²) in [5.74, 6) is -1.03. The number of amides is 3. The lowest BCUT2D eigenvalue weighted by Gasteiger charge is -2.30. The summed E-state index contributed by atoms with van der Waals surface area (Å²) in [6.07, 6.45) is 0.764. The van der Waals surface area contributed by atoms with Gasteiger partial charge in [0, 0.05) is 30.4 Å². The highest BCUT2D eigenvalue weighted by Crippen LogP contribution is 2.25. The smallest absolute Gasteiger partial charge is 0.338 e. The van der Waals surface area contributed by atoms with Crippen LogP contribution >= 0.6 is 0 Å². The molecule has 0 spiro atoms. The van der Waals surface area contributed by atoms with Crippen LogP contribution in [0.25, 0.3) is 0 Å². The summed E-state index contributed by atoms with van der Waals surface area (Å²) < 4.78 is 32.1. The van der Waals surface area contributed by atoms with E-state index in [-0.39, 0.29) is 42.0 Å². The number of hydrogen-bond acceptors (Lipinski definition) is 6. The number of carbonyl (C=O) groups excluding carboxylic acids is 3. The largest absolute Gasteiger partial charge is 0.462 e. The van der Waals surface area contributed by atoms with Gasteiger partial charge in [-0.25, -0.2) is 18.0 Å². The number of hydrogen-bond donors (Lipinski definition) is 3. The summed E-state index contributed by atoms with van der Waals surface area (Å²) >= 11 is 0. The SMILES string of the molecule is CCOC(=O)c1ccc(S(=O)(=O)N2CCC(C(=O)Nc3ccc(NC(N)=O)cc3)CC2)cc1. The minimum atomic E-state index is -3.73. The molecule has 1 aliphatic heterocycles. The van der Waals surface area contributed by atoms with Crippen LogP contribution in [-0.2, 0) is 19.6 Å². The molecular formula is C22H26N4O6S. The molecule has 0 aromatic heterocycles. The fraction of sp³-hybridized carbons (Fsp3) is 0.318. The van der Waals surface area contributed by atoms with Crippen LogP contribution in [-0.4, -0.2) is 50.3 Å². The Morgan fingerprint density at radius 2 is 1.52 bits per heavy atom. The minimum Gasteiger partial charge on any atom is -0.462 e. The molecule has 2 aromatic rings. The number of carbonyl (C=O) groups is 3. The number of nitrogens with two attached hydrogens (primary N) is 1. The van der Waals surface area contributed by atoms with Crippen LogP contribution in [0.15, 0.2) is 53.4 Å². The summed E-state index contributed by atoms with van der Waals surface area (Å²) in [5.41, 5.74) is 6.42. The Kier molecular flexibility index (Phi) is 7.67. The van der Waals surface area contributed by atoms with Gasteiger partial charge >= 0.3 is 12.0 Å². The highest BCUT2D eigenvalue weighted by molar-refractivity contribution is 7.89. The summed E-state index contributed by atoms with van der Waals surface area (Å²) in [4.78, 5) is 35.3. The van der Waals surface area contributed by atoms with Crippen LogP contribution < -0.4 is 16.4 Å². The lowest BCUT2D eigenvalue weighted by atomic mass is 9.97. The van der Waals surface area contributed by atoms with Gasteiger partial charge in [-0.2, -0.15) is 4.31 Å². The maximum atomic E-state index is 12.9. The van der Waals surface area contributed by atoms with Gasteiger partial charge in [0.1, 0.15) is 0 Å². The summed E-state index contributed by atoms with van der Waals surface area (Å²) in [7, 11) is -3.73. The van der Waals surface area contributed by atoms with Crippen molar-refractivity contribution < 1.29 is 27.5 Å². The molecule has 0 saturated carbocycles. The molecule has 1 saturated heterocycles. The minimum absolute atomic E-state index is 0.0862. The zero-order valence-corrected chi connectivity index (χ0v) is 18.9. The van der Waals surface area contributed by atoms with Crippen molar-refractivity contribution in [1.29, 1.82) is 0 Å². The van der Waals surface area contributed by atoms with Gasteiger partial charge in [-0.3, -0.25) is 4.79 Å². The Balaban J connectivity index is 1.56. The monoisotopic (exact) mass is 474 g/mol. The molecule has 0 aliphatic carbocycles. The van der Waals surface area contributed by atoms with Gasteiger partial charge in [-0.05, 0) is 68.3 Å². The third kappa shape index (κ3) is 6.08. The molecule has 0 bridgehead atoms. The lowest BCUT2D eigenvalue weighted by molar-refractivity contribution is -0.120. The first kappa shape index (κ1) is 24.2. The van der Waals surface area contributed by atoms with E-state index in [4.69, 9.17) is 10.5 Å². The van der Waals surface area contributed by atoms with Gasteiger partial charge in [-0.15, -0.1) is 0 Å². The topological polar surface area (TPSA) is 148 Å². The number of primary amides is 1. The highest BCUT2D eigenvalue weighted by Gasteiger charge is 2.32. The number of nitrogens with one attached hydrogen (secondary N) is 2. The molecule has 2 aromatic carbocycles. The summed E-state index contributed by atoms with van der Waals surface area (Å²) in [5, 5.41) is 5.25. The third-order valence-corrected chi connectivity index (χ3v) is 7.16. The molecule has 1 fully saturated rings. The second kappa shape index (κ2) is 10.5. The highest BCUT2D eigenvalue weighted by atomic mass is 32.2. The predicted molar refractivity (Wildman–Crippen MR) is 122 cm³/mol. The molecule has 3 rings (SSSR count). The molecule has 1 aliphatic rings. The molecule has 0 unspecified atom stereocenters. The number of benzene rings is 2. The Labute approximate surface area is 192 Å². The van der Waals surface area contributed by atoms with Crippen LogP contribution in [0.5, 0.6) is 0 Å². The summed E-state index contributed by atoms with van der Waals surface area (Å²) in [6, 6.07) is 11.5. The number of nitrogens with zero attached hydrogens (tertiary/aromatic N) is 1. The molecule has 10 nitrogen and oxygen atoms in total. The number of rotatable bonds is 7. The Bertz CT molecular complexity index is 1110. The van der Waals surface area contributed by atoms with Crippen molar-refractivity contribution >= 4 is 39.3 Å². The van der Waals surface area contributed by atoms with E-state index in [0.29, 0.717) is 24.2 Å². The number of esters is 1. The third-order valence-electron chi connectivity index (χ3n) is 5.25. The van der Waals surface area contributed by atoms with Gasteiger partial charge in [0.25, 0.3) is 0 Å². The van der Waals surface area contributed by atoms with Crippen LogP contribution in [0.1, 0.15) is 30.1 Å². The molecular weight excluding hydrogens is 448 g/mol. The second-order valence-corrected chi connectivity index (χ2v) is 9.42. The maximum Gasteiger partial charge on any atom is 0.338 e. The van der Waals surface area contributed by atoms with Crippen LogP contribution in [0.4, 0.5) is 16.2 Å². The molecule has 4 N–H and O–H groups in total. The Morgan fingerprint density at radius 1 is 0.970 bits per heavy atom. The standard InChI is InChI=1S/C22H26N4O6S/c1-2-32-21(28)16-3-9-19(10-4-16)33(30,31)26-13-11-15(12-14-26)20(27)24-17-5-7-18(8-6-17)25-22(23)29/h3-10,15H,2,11-14H2,1H3,(H,24,27)(H3,23,25,29). The van der Waals surface area contributed by atoms with E-state index < -0.39 is 22.0 Å². The van der Waals surface area contributed by atoms with Gasteiger partial charge in [0.05, 0.1) is 17.1 Å². The molecule has 11 heteroatoms. The molecule has 176 valence electrons. The van der Waals surface area contributed by atoms with Crippen molar-refractivity contribution in [2.24, 2.45) is 11.7 Å². The van der Waals surface area contributed by atoms with Crippen molar-refractivity contribution in [3.8, 4) is 0 Å². The van der Waals surface area contributed by atoms with Crippen molar-refractivity contribution in [3.05, 3.63) is 54.1 Å². The average Bonchev–Trinajstić information content (AvgIpc) is 2.80. The molecule has 0 radical (unpaired) electrons. The summed E-state index contributed by atoms with van der Waals surface area (Å²) in [6.45, 7) is 2.35. The zero-order chi connectivity index (χ0) is 24.0. The van der Waals surface area contributed by atoms with Crippen LogP contribution in [0, 0.1) is 5.92 Å². The Hall–Kier alpha value is -3.44. The fourth-order valence-electron chi connectivity index (χ4n) is 3.51. The van der Waals surface area contributed by atoms with E-state index in [1.54, 1.807) is 31.2 Å². The van der Waals surface area contributed by atoms with Gasteiger partial charge < -0.3 is 21.1 Å². The number of anilines is 2. The molecule has 1 heterocycles. The molecule has 33 heavy (non-hydrogen) atoms. The van der Waals surface area contributed by atoms with E-state index in [9.17, 15) is 22.8 Å². The average molecular weight is 475 g/mol. The van der Waals surface area contributed by atoms with Crippen molar-refractivity contribution in [3.63, 3.8) is 0 Å². The Morgan fingerprint density at radius 3 is 2.03 bits per heavy atom. The normalized spacial score (nSPS) is 14.9. The fourth-order valence-corrected chi connectivity index (χ4v) is 4.98. The van der Waals surface area contributed by atoms with Gasteiger partial charge in [0.15, 0.2) is 0 Å². The van der Waals surface area contributed by atoms with Crippen LogP contribution in [0.2, 0.25) is 0 Å². The van der Waals surface area contributed by atoms with Crippen molar-refractivity contribution in [2.75, 3.05) is 30.3 Å².